The first-order chi connectivity index (χ1) is 6.75. The molecule has 0 aliphatic heterocycles. The van der Waals surface area contributed by atoms with E-state index < -0.39 is 0 Å². The van der Waals surface area contributed by atoms with Crippen LogP contribution in [0.25, 0.3) is 0 Å². The van der Waals surface area contributed by atoms with Gasteiger partial charge in [0.05, 0.1) is 13.3 Å². The molecule has 72 valence electrons. The monoisotopic (exact) mass is 240 g/mol. The molecule has 0 saturated heterocycles. The molecule has 0 aromatic carbocycles. The first kappa shape index (κ1) is 9.96. The van der Waals surface area contributed by atoms with Crippen LogP contribution in [0.15, 0.2) is 38.1 Å². The van der Waals surface area contributed by atoms with Crippen molar-refractivity contribution in [3.05, 3.63) is 34.5 Å². The number of hydrogen-bond donors (Lipinski definition) is 0. The van der Waals surface area contributed by atoms with Gasteiger partial charge in [0.15, 0.2) is 5.78 Å². The van der Waals surface area contributed by atoms with Crippen molar-refractivity contribution in [2.75, 3.05) is 0 Å². The predicted molar refractivity (Wildman–Crippen MR) is 62.8 cm³/mol. The van der Waals surface area contributed by atoms with Gasteiger partial charge in [-0.1, -0.05) is 17.8 Å². The Morgan fingerprint density at radius 1 is 1.29 bits per heavy atom. The van der Waals surface area contributed by atoms with Crippen LogP contribution in [0, 0.1) is 0 Å². The highest BCUT2D eigenvalue weighted by atomic mass is 32.2. The zero-order valence-electron chi connectivity index (χ0n) is 7.52. The third-order valence-electron chi connectivity index (χ3n) is 1.62. The molecule has 0 bridgehead atoms. The second-order valence-corrected chi connectivity index (χ2v) is 6.34. The summed E-state index contributed by atoms with van der Waals surface area (Å²) >= 11 is 5.00. The van der Waals surface area contributed by atoms with Gasteiger partial charge in [-0.3, -0.25) is 4.79 Å². The van der Waals surface area contributed by atoms with Gasteiger partial charge in [-0.25, -0.2) is 0 Å². The number of ketones is 1. The molecule has 0 aliphatic carbocycles. The summed E-state index contributed by atoms with van der Waals surface area (Å²) in [5.74, 6) is 0.146. The Labute approximate surface area is 94.8 Å². The molecule has 4 heteroatoms. The molecule has 14 heavy (non-hydrogen) atoms. The number of thiophene rings is 2. The molecule has 0 radical (unpaired) electrons. The van der Waals surface area contributed by atoms with Crippen LogP contribution in [-0.4, -0.2) is 5.78 Å². The fourth-order valence-corrected chi connectivity index (χ4v) is 4.04. The van der Waals surface area contributed by atoms with E-state index in [0.717, 1.165) is 4.88 Å². The van der Waals surface area contributed by atoms with Gasteiger partial charge in [-0.15, -0.1) is 22.7 Å². The standard InChI is InChI=1S/C10H8OS3/c1-7(11)8-4-5-10(13-8)14-9-3-2-6-12-9/h2-6H,1H3. The van der Waals surface area contributed by atoms with Gasteiger partial charge >= 0.3 is 0 Å². The number of Topliss-reactive ketones (excluding diaryl/α,β-unsaturated/α-hetero) is 1. The van der Waals surface area contributed by atoms with Crippen molar-refractivity contribution in [1.82, 2.24) is 0 Å². The highest BCUT2D eigenvalue weighted by Gasteiger charge is 2.05. The molecule has 0 spiro atoms. The van der Waals surface area contributed by atoms with E-state index in [1.54, 1.807) is 41.4 Å². The smallest absolute Gasteiger partial charge is 0.169 e. The van der Waals surface area contributed by atoms with Crippen LogP contribution in [0.5, 0.6) is 0 Å². The van der Waals surface area contributed by atoms with Crippen molar-refractivity contribution < 1.29 is 4.79 Å². The lowest BCUT2D eigenvalue weighted by molar-refractivity contribution is 0.102. The van der Waals surface area contributed by atoms with Crippen molar-refractivity contribution in [2.45, 2.75) is 15.3 Å². The molecule has 2 heterocycles. The molecule has 0 fully saturated rings. The average molecular weight is 240 g/mol. The highest BCUT2D eigenvalue weighted by Crippen LogP contribution is 2.35. The average Bonchev–Trinajstić information content (AvgIpc) is 2.75. The van der Waals surface area contributed by atoms with E-state index in [2.05, 4.69) is 11.4 Å². The molecule has 0 atom stereocenters. The topological polar surface area (TPSA) is 17.1 Å². The summed E-state index contributed by atoms with van der Waals surface area (Å²) in [5, 5.41) is 2.06. The van der Waals surface area contributed by atoms with Crippen molar-refractivity contribution >= 4 is 40.2 Å². The maximum Gasteiger partial charge on any atom is 0.169 e. The molecule has 2 rings (SSSR count). The van der Waals surface area contributed by atoms with Gasteiger partial charge in [0.1, 0.15) is 0 Å². The SMILES string of the molecule is CC(=O)c1ccc(Sc2cccs2)s1. The molecule has 0 amide bonds. The molecule has 1 nitrogen and oxygen atoms in total. The van der Waals surface area contributed by atoms with E-state index in [1.807, 2.05) is 18.2 Å². The molecular weight excluding hydrogens is 232 g/mol. The molecule has 0 saturated carbocycles. The third-order valence-corrected chi connectivity index (χ3v) is 4.98. The summed E-state index contributed by atoms with van der Waals surface area (Å²) in [6.45, 7) is 1.60. The maximum atomic E-state index is 11.1. The Morgan fingerprint density at radius 2 is 2.14 bits per heavy atom. The Bertz CT molecular complexity index is 428. The Balaban J connectivity index is 2.14. The predicted octanol–water partition coefficient (Wildman–Crippen LogP) is 4.16. The third kappa shape index (κ3) is 2.26. The van der Waals surface area contributed by atoms with E-state index >= 15 is 0 Å². The van der Waals surface area contributed by atoms with Gasteiger partial charge in [0.2, 0.25) is 0 Å². The molecule has 0 unspecified atom stereocenters. The van der Waals surface area contributed by atoms with Crippen LogP contribution in [0.2, 0.25) is 0 Å². The van der Waals surface area contributed by atoms with Crippen LogP contribution in [0.1, 0.15) is 16.6 Å². The summed E-state index contributed by atoms with van der Waals surface area (Å²) in [4.78, 5) is 11.9. The number of carbonyl (C=O) groups is 1. The van der Waals surface area contributed by atoms with Crippen LogP contribution in [0.4, 0.5) is 0 Å². The van der Waals surface area contributed by atoms with E-state index in [0.29, 0.717) is 0 Å². The molecule has 2 aromatic heterocycles. The lowest BCUT2D eigenvalue weighted by Crippen LogP contribution is -1.83. The Hall–Kier alpha value is -0.580. The van der Waals surface area contributed by atoms with Crippen LogP contribution in [-0.2, 0) is 0 Å². The van der Waals surface area contributed by atoms with Crippen molar-refractivity contribution in [3.8, 4) is 0 Å². The van der Waals surface area contributed by atoms with Crippen LogP contribution >= 0.6 is 34.4 Å². The van der Waals surface area contributed by atoms with Gasteiger partial charge in [0, 0.05) is 0 Å². The quantitative estimate of drug-likeness (QED) is 0.749. The molecule has 0 N–H and O–H groups in total. The fraction of sp³-hybridized carbons (Fsp3) is 0.100. The minimum absolute atomic E-state index is 0.146. The lowest BCUT2D eigenvalue weighted by Gasteiger charge is -1.90. The second kappa shape index (κ2) is 4.29. The Morgan fingerprint density at radius 3 is 2.71 bits per heavy atom. The lowest BCUT2D eigenvalue weighted by atomic mass is 10.4. The van der Waals surface area contributed by atoms with E-state index in [1.165, 1.54) is 8.42 Å². The van der Waals surface area contributed by atoms with Crippen molar-refractivity contribution in [1.29, 1.82) is 0 Å². The van der Waals surface area contributed by atoms with E-state index in [-0.39, 0.29) is 5.78 Å². The number of rotatable bonds is 3. The van der Waals surface area contributed by atoms with Gasteiger partial charge in [0.25, 0.3) is 0 Å². The van der Waals surface area contributed by atoms with Crippen LogP contribution < -0.4 is 0 Å². The molecule has 2 aromatic rings. The van der Waals surface area contributed by atoms with E-state index in [9.17, 15) is 4.79 Å². The number of hydrogen-bond acceptors (Lipinski definition) is 4. The largest absolute Gasteiger partial charge is 0.294 e. The summed E-state index contributed by atoms with van der Waals surface area (Å²) in [5.41, 5.74) is 0. The minimum atomic E-state index is 0.146. The summed E-state index contributed by atoms with van der Waals surface area (Å²) in [7, 11) is 0. The molecule has 0 aliphatic rings. The normalized spacial score (nSPS) is 10.4. The van der Waals surface area contributed by atoms with Crippen LogP contribution in [0.3, 0.4) is 0 Å². The first-order valence-corrected chi connectivity index (χ1v) is 6.59. The zero-order valence-corrected chi connectivity index (χ0v) is 9.97. The van der Waals surface area contributed by atoms with Crippen molar-refractivity contribution in [3.63, 3.8) is 0 Å². The van der Waals surface area contributed by atoms with Gasteiger partial charge in [-0.05, 0) is 30.5 Å². The maximum absolute atomic E-state index is 11.1. The zero-order chi connectivity index (χ0) is 9.97. The van der Waals surface area contributed by atoms with E-state index in [4.69, 9.17) is 0 Å². The minimum Gasteiger partial charge on any atom is -0.294 e. The molecular formula is C10H8OS3. The second-order valence-electron chi connectivity index (χ2n) is 2.71. The Kier molecular flexibility index (Phi) is 3.05. The van der Waals surface area contributed by atoms with Crippen molar-refractivity contribution in [2.24, 2.45) is 0 Å². The highest BCUT2D eigenvalue weighted by molar-refractivity contribution is 8.02. The summed E-state index contributed by atoms with van der Waals surface area (Å²) < 4.78 is 2.44. The summed E-state index contributed by atoms with van der Waals surface area (Å²) in [6, 6.07) is 8.02. The van der Waals surface area contributed by atoms with Gasteiger partial charge < -0.3 is 0 Å². The fourth-order valence-electron chi connectivity index (χ4n) is 0.985. The first-order valence-electron chi connectivity index (χ1n) is 4.08. The number of carbonyl (C=O) groups excluding carboxylic acids is 1. The van der Waals surface area contributed by atoms with Gasteiger partial charge in [-0.2, -0.15) is 0 Å². The summed E-state index contributed by atoms with van der Waals surface area (Å²) in [6.07, 6.45) is 0.